The topological polar surface area (TPSA) is 200 Å². The molecule has 0 saturated carbocycles. The number of aliphatic hydroxyl groups is 3. The van der Waals surface area contributed by atoms with Gasteiger partial charge in [-0.3, -0.25) is 24.1 Å². The number of aliphatic hydroxyl groups excluding tert-OH is 2. The number of hydrogen-bond donors (Lipinski definition) is 6. The number of allylic oxidation sites excluding steroid dienone is 1. The summed E-state index contributed by atoms with van der Waals surface area (Å²) in [5, 5.41) is 50.4. The van der Waals surface area contributed by atoms with Gasteiger partial charge < -0.3 is 36.2 Å². The van der Waals surface area contributed by atoms with Crippen molar-refractivity contribution in [2.24, 2.45) is 17.6 Å². The normalized spacial score (nSPS) is 23.6. The van der Waals surface area contributed by atoms with Crippen molar-refractivity contribution in [1.82, 2.24) is 10.2 Å². The monoisotopic (exact) mass is 655 g/mol. The van der Waals surface area contributed by atoms with Crippen molar-refractivity contribution in [3.05, 3.63) is 87.9 Å². The van der Waals surface area contributed by atoms with Crippen LogP contribution in [0.25, 0.3) is 21.9 Å². The third-order valence-electron chi connectivity index (χ3n) is 9.80. The predicted molar refractivity (Wildman–Crippen MR) is 175 cm³/mol. The highest BCUT2D eigenvalue weighted by atomic mass is 16.5. The maximum absolute atomic E-state index is 14.2. The smallest absolute Gasteiger partial charge is 0.319 e. The number of esters is 1. The molecular weight excluding hydrogens is 618 g/mol. The number of nitrogens with one attached hydrogen (secondary N) is 1. The average Bonchev–Trinajstić information content (AvgIpc) is 3.03. The molecule has 3 aliphatic carbocycles. The van der Waals surface area contributed by atoms with Gasteiger partial charge in [0.25, 0.3) is 5.91 Å². The third kappa shape index (κ3) is 4.95. The van der Waals surface area contributed by atoms with Gasteiger partial charge in [0.1, 0.15) is 22.8 Å². The lowest BCUT2D eigenvalue weighted by Gasteiger charge is -2.50. The van der Waals surface area contributed by atoms with Crippen LogP contribution in [0.2, 0.25) is 0 Å². The Morgan fingerprint density at radius 2 is 1.71 bits per heavy atom. The molecule has 0 heterocycles. The molecule has 48 heavy (non-hydrogen) atoms. The first-order valence-corrected chi connectivity index (χ1v) is 15.7. The number of phenols is 1. The molecule has 1 amide bonds. The van der Waals surface area contributed by atoms with Crippen molar-refractivity contribution >= 4 is 34.2 Å². The minimum atomic E-state index is -2.70. The first-order valence-electron chi connectivity index (χ1n) is 15.7. The molecule has 250 valence electrons. The van der Waals surface area contributed by atoms with Gasteiger partial charge in [0.05, 0.1) is 24.8 Å². The molecule has 3 aliphatic rings. The Balaban J connectivity index is 1.46. The number of ketones is 2. The molecule has 0 fully saturated rings. The molecule has 12 nitrogen and oxygen atoms in total. The molecule has 0 unspecified atom stereocenters. The molecule has 0 aliphatic heterocycles. The zero-order chi connectivity index (χ0) is 34.7. The van der Waals surface area contributed by atoms with E-state index in [1.807, 2.05) is 36.4 Å². The fraction of sp³-hybridized carbons (Fsp3) is 0.333. The molecular formula is C36H37N3O9. The van der Waals surface area contributed by atoms with Crippen molar-refractivity contribution in [1.29, 1.82) is 0 Å². The maximum atomic E-state index is 14.2. The second kappa shape index (κ2) is 12.2. The lowest BCUT2D eigenvalue weighted by atomic mass is 9.58. The van der Waals surface area contributed by atoms with Crippen LogP contribution in [0.15, 0.2) is 71.2 Å². The highest BCUT2D eigenvalue weighted by molar-refractivity contribution is 6.25. The molecule has 3 aromatic rings. The number of rotatable bonds is 8. The number of carbonyl (C=O) groups is 4. The fourth-order valence-corrected chi connectivity index (χ4v) is 7.76. The molecule has 0 saturated heterocycles. The zero-order valence-corrected chi connectivity index (χ0v) is 26.7. The van der Waals surface area contributed by atoms with Gasteiger partial charge in [0.2, 0.25) is 5.78 Å². The van der Waals surface area contributed by atoms with E-state index in [9.17, 15) is 39.6 Å². The molecule has 7 N–H and O–H groups in total. The van der Waals surface area contributed by atoms with Crippen LogP contribution >= 0.6 is 0 Å². The predicted octanol–water partition coefficient (Wildman–Crippen LogP) is 2.59. The molecule has 0 spiro atoms. The van der Waals surface area contributed by atoms with Gasteiger partial charge in [0, 0.05) is 18.0 Å². The number of carbonyl (C=O) groups excluding carboxylic acids is 4. The SMILES string of the molecule is CCOC(=O)CNCc1ccc(-c2ccc(O)c3c2C[C@@H]2C[C@@H]4[C@H](N(C)C)C(O)=C(C(N)=O)C(=O)[C@]4(O)C(O)=C2C3=O)c2ccccc12. The quantitative estimate of drug-likeness (QED) is 0.154. The van der Waals surface area contributed by atoms with Crippen molar-refractivity contribution in [3.8, 4) is 16.9 Å². The summed E-state index contributed by atoms with van der Waals surface area (Å²) in [6.07, 6.45) is 0.155. The number of Topliss-reactive ketones (excluding diaryl/α,β-unsaturated/α-hetero) is 2. The van der Waals surface area contributed by atoms with E-state index >= 15 is 0 Å². The largest absolute Gasteiger partial charge is 0.510 e. The van der Waals surface area contributed by atoms with Crippen LogP contribution in [0, 0.1) is 11.8 Å². The Morgan fingerprint density at radius 3 is 2.38 bits per heavy atom. The van der Waals surface area contributed by atoms with E-state index in [1.165, 1.54) is 11.0 Å². The summed E-state index contributed by atoms with van der Waals surface area (Å²) >= 11 is 0. The van der Waals surface area contributed by atoms with Gasteiger partial charge in [-0.25, -0.2) is 0 Å². The number of nitrogens with zero attached hydrogens (tertiary/aromatic N) is 1. The zero-order valence-electron chi connectivity index (χ0n) is 26.7. The van der Waals surface area contributed by atoms with Crippen LogP contribution in [0.5, 0.6) is 5.75 Å². The standard InChI is InChI=1S/C36H37N3O9/c1-4-48-26(41)16-38-15-17-9-10-21(20-8-6-5-7-19(17)20)22-11-12-25(40)28-23(22)13-18-14-24-30(39(2)3)32(43)29(35(37)46)34(45)36(24,47)33(44)27(18)31(28)42/h5-12,18,24,30,38,40,43-44,47H,4,13-16H2,1-3H3,(H2,37,46)/t18-,24-,30+,36-/m1/s1. The third-order valence-corrected chi connectivity index (χ3v) is 9.80. The Morgan fingerprint density at radius 1 is 1.02 bits per heavy atom. The van der Waals surface area contributed by atoms with E-state index in [0.717, 1.165) is 21.9 Å². The number of likely N-dealkylation sites (N-methyl/N-ethyl adjacent to an activating group) is 1. The van der Waals surface area contributed by atoms with Crippen molar-refractivity contribution in [2.75, 3.05) is 27.2 Å². The molecule has 0 bridgehead atoms. The number of nitrogens with two attached hydrogens (primary N) is 1. The minimum absolute atomic E-state index is 0.00726. The molecule has 0 radical (unpaired) electrons. The van der Waals surface area contributed by atoms with Crippen LogP contribution in [-0.2, 0) is 32.1 Å². The maximum Gasteiger partial charge on any atom is 0.319 e. The molecule has 4 atom stereocenters. The van der Waals surface area contributed by atoms with Crippen LogP contribution in [-0.4, -0.2) is 87.7 Å². The summed E-state index contributed by atoms with van der Waals surface area (Å²) in [5.41, 5.74) is 4.54. The van der Waals surface area contributed by atoms with Crippen molar-refractivity contribution < 1.29 is 44.3 Å². The van der Waals surface area contributed by atoms with Gasteiger partial charge in [-0.2, -0.15) is 0 Å². The van der Waals surface area contributed by atoms with Gasteiger partial charge in [-0.15, -0.1) is 0 Å². The van der Waals surface area contributed by atoms with E-state index in [0.29, 0.717) is 24.3 Å². The van der Waals surface area contributed by atoms with Gasteiger partial charge >= 0.3 is 5.97 Å². The highest BCUT2D eigenvalue weighted by Gasteiger charge is 2.63. The van der Waals surface area contributed by atoms with Crippen LogP contribution in [0.3, 0.4) is 0 Å². The number of aromatic hydroxyl groups is 1. The van der Waals surface area contributed by atoms with E-state index in [-0.39, 0.29) is 42.2 Å². The molecule has 3 aromatic carbocycles. The van der Waals surface area contributed by atoms with Crippen molar-refractivity contribution in [2.45, 2.75) is 38.0 Å². The number of ether oxygens (including phenoxy) is 1. The Hall–Kier alpha value is -5.04. The van der Waals surface area contributed by atoms with E-state index < -0.39 is 58.0 Å². The second-order valence-electron chi connectivity index (χ2n) is 12.7. The average molecular weight is 656 g/mol. The number of benzene rings is 3. The number of amides is 1. The molecule has 0 aromatic heterocycles. The Labute approximate surface area is 276 Å². The van der Waals surface area contributed by atoms with Crippen LogP contribution < -0.4 is 11.1 Å². The van der Waals surface area contributed by atoms with Gasteiger partial charge in [-0.1, -0.05) is 42.5 Å². The molecule has 12 heteroatoms. The minimum Gasteiger partial charge on any atom is -0.510 e. The van der Waals surface area contributed by atoms with Crippen LogP contribution in [0.4, 0.5) is 0 Å². The highest BCUT2D eigenvalue weighted by Crippen LogP contribution is 2.53. The van der Waals surface area contributed by atoms with Gasteiger partial charge in [0.15, 0.2) is 11.4 Å². The summed E-state index contributed by atoms with van der Waals surface area (Å²) in [4.78, 5) is 53.4. The summed E-state index contributed by atoms with van der Waals surface area (Å²) in [7, 11) is 3.18. The van der Waals surface area contributed by atoms with Gasteiger partial charge in [-0.05, 0) is 78.9 Å². The lowest BCUT2D eigenvalue weighted by molar-refractivity contribution is -0.148. The van der Waals surface area contributed by atoms with Crippen molar-refractivity contribution in [3.63, 3.8) is 0 Å². The summed E-state index contributed by atoms with van der Waals surface area (Å²) < 4.78 is 5.00. The number of primary amides is 1. The number of fused-ring (bicyclic) bond motifs is 4. The van der Waals surface area contributed by atoms with Crippen LogP contribution in [0.1, 0.15) is 34.8 Å². The Kier molecular flexibility index (Phi) is 8.36. The van der Waals surface area contributed by atoms with E-state index in [1.54, 1.807) is 27.1 Å². The lowest BCUT2D eigenvalue weighted by Crippen LogP contribution is -2.63. The molecule has 6 rings (SSSR count). The second-order valence-corrected chi connectivity index (χ2v) is 12.7. The number of phenolic OH excluding ortho intramolecular Hbond substituents is 1. The summed E-state index contributed by atoms with van der Waals surface area (Å²) in [6, 6.07) is 13.6. The van der Waals surface area contributed by atoms with E-state index in [2.05, 4.69) is 5.32 Å². The first-order chi connectivity index (χ1) is 22.8. The summed E-state index contributed by atoms with van der Waals surface area (Å²) in [6.45, 7) is 2.49. The van der Waals surface area contributed by atoms with E-state index in [4.69, 9.17) is 10.5 Å². The summed E-state index contributed by atoms with van der Waals surface area (Å²) in [5.74, 6) is -7.32. The number of hydrogen-bond acceptors (Lipinski definition) is 11. The fourth-order valence-electron chi connectivity index (χ4n) is 7.76. The Bertz CT molecular complexity index is 1960. The first kappa shape index (κ1) is 32.9.